The van der Waals surface area contributed by atoms with E-state index in [-0.39, 0.29) is 5.56 Å². The summed E-state index contributed by atoms with van der Waals surface area (Å²) in [5, 5.41) is 9.83. The molecule has 3 heterocycles. The second kappa shape index (κ2) is 8.03. The Labute approximate surface area is 184 Å². The number of benzene rings is 2. The summed E-state index contributed by atoms with van der Waals surface area (Å²) in [6.45, 7) is 2.58. The Balaban J connectivity index is 1.50. The van der Waals surface area contributed by atoms with Crippen LogP contribution in [0.15, 0.2) is 65.8 Å². The number of hydrogen-bond donors (Lipinski definition) is 0. The van der Waals surface area contributed by atoms with Crippen LogP contribution in [0.1, 0.15) is 27.9 Å². The van der Waals surface area contributed by atoms with Gasteiger partial charge in [-0.05, 0) is 35.4 Å². The molecule has 7 heteroatoms. The zero-order valence-electron chi connectivity index (χ0n) is 16.8. The Morgan fingerprint density at radius 3 is 2.74 bits per heavy atom. The van der Waals surface area contributed by atoms with Gasteiger partial charge >= 0.3 is 0 Å². The summed E-state index contributed by atoms with van der Waals surface area (Å²) in [6.07, 6.45) is 4.31. The average Bonchev–Trinajstić information content (AvgIpc) is 3.28. The van der Waals surface area contributed by atoms with Gasteiger partial charge in [0.15, 0.2) is 0 Å². The molecule has 31 heavy (non-hydrogen) atoms. The van der Waals surface area contributed by atoms with E-state index in [0.29, 0.717) is 30.2 Å². The first-order valence-corrected chi connectivity index (χ1v) is 10.5. The fourth-order valence-electron chi connectivity index (χ4n) is 4.29. The molecule has 6 nitrogen and oxygen atoms in total. The van der Waals surface area contributed by atoms with Gasteiger partial charge in [-0.1, -0.05) is 35.9 Å². The second-order valence-corrected chi connectivity index (χ2v) is 8.27. The number of nitriles is 1. The first kappa shape index (κ1) is 19.6. The van der Waals surface area contributed by atoms with Gasteiger partial charge in [0.05, 0.1) is 29.9 Å². The third-order valence-corrected chi connectivity index (χ3v) is 6.05. The minimum absolute atomic E-state index is 0.0217. The first-order valence-electron chi connectivity index (χ1n) is 10.1. The molecule has 0 bridgehead atoms. The normalized spacial score (nSPS) is 13.8. The van der Waals surface area contributed by atoms with Gasteiger partial charge in [0.25, 0.3) is 5.56 Å². The molecular weight excluding hydrogens is 410 g/mol. The van der Waals surface area contributed by atoms with Gasteiger partial charge in [-0.15, -0.1) is 0 Å². The Hall–Kier alpha value is -3.40. The number of fused-ring (bicyclic) bond motifs is 3. The van der Waals surface area contributed by atoms with Crippen LogP contribution in [0, 0.1) is 11.3 Å². The summed E-state index contributed by atoms with van der Waals surface area (Å²) in [4.78, 5) is 20.1. The highest BCUT2D eigenvalue weighted by atomic mass is 35.5. The SMILES string of the molecule is N#Cc1cccc(CN2CCc3c(c(=O)n(Cc4ccc(Cl)cc4)c4cncn34)C2)c1. The molecule has 0 fully saturated rings. The fraction of sp³-hybridized carbons (Fsp3) is 0.208. The third-order valence-electron chi connectivity index (χ3n) is 5.80. The molecule has 2 aromatic carbocycles. The first-order chi connectivity index (χ1) is 15.1. The largest absolute Gasteiger partial charge is 0.294 e. The molecule has 0 unspecified atom stereocenters. The molecule has 0 radical (unpaired) electrons. The molecule has 0 saturated carbocycles. The Kier molecular flexibility index (Phi) is 5.06. The van der Waals surface area contributed by atoms with E-state index in [4.69, 9.17) is 16.9 Å². The Morgan fingerprint density at radius 2 is 1.94 bits per heavy atom. The van der Waals surface area contributed by atoms with Gasteiger partial charge in [-0.25, -0.2) is 4.98 Å². The monoisotopic (exact) mass is 429 g/mol. The summed E-state index contributed by atoms with van der Waals surface area (Å²) in [6, 6.07) is 17.4. The maximum Gasteiger partial charge on any atom is 0.258 e. The van der Waals surface area contributed by atoms with Crippen molar-refractivity contribution < 1.29 is 0 Å². The molecule has 0 amide bonds. The zero-order valence-corrected chi connectivity index (χ0v) is 17.6. The van der Waals surface area contributed by atoms with Crippen molar-refractivity contribution in [1.29, 1.82) is 5.26 Å². The number of rotatable bonds is 4. The number of nitrogens with zero attached hydrogens (tertiary/aromatic N) is 5. The van der Waals surface area contributed by atoms with Crippen molar-refractivity contribution in [2.75, 3.05) is 6.54 Å². The van der Waals surface area contributed by atoms with Crippen LogP contribution in [0.3, 0.4) is 0 Å². The lowest BCUT2D eigenvalue weighted by Gasteiger charge is -2.29. The van der Waals surface area contributed by atoms with Crippen molar-refractivity contribution in [2.45, 2.75) is 26.1 Å². The molecule has 0 saturated heterocycles. The molecular formula is C24H20ClN5O. The molecule has 1 aliphatic rings. The van der Waals surface area contributed by atoms with E-state index in [1.807, 2.05) is 46.9 Å². The summed E-state index contributed by atoms with van der Waals surface area (Å²) in [7, 11) is 0. The van der Waals surface area contributed by atoms with Crippen LogP contribution >= 0.6 is 11.6 Å². The zero-order chi connectivity index (χ0) is 21.4. The number of aromatic nitrogens is 3. The summed E-state index contributed by atoms with van der Waals surface area (Å²) >= 11 is 6.01. The van der Waals surface area contributed by atoms with Crippen molar-refractivity contribution in [2.24, 2.45) is 0 Å². The molecule has 0 atom stereocenters. The van der Waals surface area contributed by atoms with Crippen molar-refractivity contribution in [3.05, 3.63) is 104 Å². The lowest BCUT2D eigenvalue weighted by Crippen LogP contribution is -2.38. The summed E-state index contributed by atoms with van der Waals surface area (Å²) < 4.78 is 3.83. The third kappa shape index (κ3) is 3.74. The van der Waals surface area contributed by atoms with Crippen LogP contribution in [0.4, 0.5) is 0 Å². The average molecular weight is 430 g/mol. The highest BCUT2D eigenvalue weighted by Crippen LogP contribution is 2.21. The van der Waals surface area contributed by atoms with Crippen LogP contribution in [0.5, 0.6) is 0 Å². The highest BCUT2D eigenvalue weighted by molar-refractivity contribution is 6.30. The number of imidazole rings is 1. The van der Waals surface area contributed by atoms with E-state index in [1.54, 1.807) is 23.2 Å². The van der Waals surface area contributed by atoms with Crippen LogP contribution in [0.2, 0.25) is 5.02 Å². The quantitative estimate of drug-likeness (QED) is 0.497. The van der Waals surface area contributed by atoms with Crippen molar-refractivity contribution >= 4 is 17.2 Å². The van der Waals surface area contributed by atoms with E-state index in [0.717, 1.165) is 41.0 Å². The molecule has 0 aliphatic carbocycles. The predicted octanol–water partition coefficient (Wildman–Crippen LogP) is 3.63. The van der Waals surface area contributed by atoms with Crippen molar-refractivity contribution in [1.82, 2.24) is 18.9 Å². The molecule has 0 N–H and O–H groups in total. The van der Waals surface area contributed by atoms with Crippen LogP contribution in [-0.4, -0.2) is 25.4 Å². The predicted molar refractivity (Wildman–Crippen MR) is 119 cm³/mol. The molecule has 0 spiro atoms. The van der Waals surface area contributed by atoms with Crippen molar-refractivity contribution in [3.8, 4) is 6.07 Å². The Morgan fingerprint density at radius 1 is 1.10 bits per heavy atom. The standard InChI is InChI=1S/C24H20ClN5O/c25-20-6-4-17(5-7-20)14-29-23-12-27-16-30(23)22-8-9-28(15-21(22)24(29)31)13-19-3-1-2-18(10-19)11-26/h1-7,10,12,16H,8-9,13-15H2. The fourth-order valence-corrected chi connectivity index (χ4v) is 4.41. The van der Waals surface area contributed by atoms with E-state index < -0.39 is 0 Å². The van der Waals surface area contributed by atoms with Gasteiger partial charge in [-0.3, -0.25) is 18.7 Å². The summed E-state index contributed by atoms with van der Waals surface area (Å²) in [5.74, 6) is 0. The lowest BCUT2D eigenvalue weighted by atomic mass is 10.0. The van der Waals surface area contributed by atoms with Gasteiger partial charge < -0.3 is 0 Å². The minimum atomic E-state index is 0.0217. The van der Waals surface area contributed by atoms with Crippen LogP contribution in [0.25, 0.3) is 5.65 Å². The maximum atomic E-state index is 13.5. The van der Waals surface area contributed by atoms with Gasteiger partial charge in [0.1, 0.15) is 12.0 Å². The molecule has 4 aromatic rings. The van der Waals surface area contributed by atoms with Crippen LogP contribution < -0.4 is 5.56 Å². The van der Waals surface area contributed by atoms with Crippen molar-refractivity contribution in [3.63, 3.8) is 0 Å². The number of halogens is 1. The number of hydrogen-bond acceptors (Lipinski definition) is 4. The molecule has 2 aromatic heterocycles. The molecule has 5 rings (SSSR count). The molecule has 1 aliphatic heterocycles. The van der Waals surface area contributed by atoms with Gasteiger partial charge in [0.2, 0.25) is 0 Å². The van der Waals surface area contributed by atoms with Gasteiger partial charge in [0, 0.05) is 36.8 Å². The lowest BCUT2D eigenvalue weighted by molar-refractivity contribution is 0.240. The Bertz CT molecular complexity index is 1360. The smallest absolute Gasteiger partial charge is 0.258 e. The van der Waals surface area contributed by atoms with E-state index in [2.05, 4.69) is 16.0 Å². The van der Waals surface area contributed by atoms with Gasteiger partial charge in [-0.2, -0.15) is 5.26 Å². The summed E-state index contributed by atoms with van der Waals surface area (Å²) in [5.41, 5.74) is 5.40. The highest BCUT2D eigenvalue weighted by Gasteiger charge is 2.24. The van der Waals surface area contributed by atoms with Crippen LogP contribution in [-0.2, 0) is 26.1 Å². The van der Waals surface area contributed by atoms with E-state index >= 15 is 0 Å². The van der Waals surface area contributed by atoms with E-state index in [9.17, 15) is 4.79 Å². The topological polar surface area (TPSA) is 66.3 Å². The maximum absolute atomic E-state index is 13.5. The molecule has 154 valence electrons. The second-order valence-electron chi connectivity index (χ2n) is 7.84. The van der Waals surface area contributed by atoms with E-state index in [1.165, 1.54) is 0 Å². The minimum Gasteiger partial charge on any atom is -0.294 e.